The normalized spacial score (nSPS) is 12.7. The summed E-state index contributed by atoms with van der Waals surface area (Å²) in [5.41, 5.74) is 0. The second kappa shape index (κ2) is 16.0. The molecule has 0 amide bonds. The van der Waals surface area contributed by atoms with Crippen molar-refractivity contribution in [3.05, 3.63) is 0 Å². The molecule has 0 aliphatic carbocycles. The molecule has 0 fully saturated rings. The van der Waals surface area contributed by atoms with Crippen LogP contribution in [0.1, 0.15) is 79.1 Å². The number of phosphoric acid groups is 1. The van der Waals surface area contributed by atoms with Gasteiger partial charge in [0.25, 0.3) is 0 Å². The van der Waals surface area contributed by atoms with Gasteiger partial charge < -0.3 is 9.79 Å². The predicted octanol–water partition coefficient (Wildman–Crippen LogP) is 5.66. The van der Waals surface area contributed by atoms with Gasteiger partial charge in [0, 0.05) is 7.11 Å². The number of unbranched alkanes of at least 4 members (excludes halogenated alkanes) is 4. The summed E-state index contributed by atoms with van der Waals surface area (Å²) >= 11 is 0. The van der Waals surface area contributed by atoms with E-state index in [0.29, 0.717) is 0 Å². The Morgan fingerprint density at radius 2 is 0.957 bits per heavy atom. The summed E-state index contributed by atoms with van der Waals surface area (Å²) in [6.07, 6.45) is 18.1. The number of hydrogen-bond acceptors (Lipinski definition) is 2. The van der Waals surface area contributed by atoms with Crippen molar-refractivity contribution in [2.45, 2.75) is 79.1 Å². The van der Waals surface area contributed by atoms with Crippen molar-refractivity contribution in [1.29, 1.82) is 0 Å². The first-order valence-corrected chi connectivity index (χ1v) is 13.8. The average molecular weight is 372 g/mol. The molecule has 0 saturated carbocycles. The second-order valence-electron chi connectivity index (χ2n) is 6.59. The minimum absolute atomic E-state index is 0.879. The van der Waals surface area contributed by atoms with E-state index in [1.54, 1.807) is 24.6 Å². The zero-order chi connectivity index (χ0) is 18.2. The maximum atomic E-state index is 9.47. The predicted molar refractivity (Wildman–Crippen MR) is 106 cm³/mol. The minimum atomic E-state index is -4.15. The van der Waals surface area contributed by atoms with Gasteiger partial charge in [0.2, 0.25) is 0 Å². The topological polar surface area (TPSA) is 66.8 Å². The van der Waals surface area contributed by atoms with Crippen LogP contribution >= 0.6 is 15.1 Å². The summed E-state index contributed by atoms with van der Waals surface area (Å²) in [5, 5.41) is 0. The number of hydrogen-bond donors (Lipinski definition) is 2. The van der Waals surface area contributed by atoms with Crippen LogP contribution in [0.2, 0.25) is 0 Å². The molecule has 144 valence electrons. The maximum absolute atomic E-state index is 9.47. The van der Waals surface area contributed by atoms with Crippen molar-refractivity contribution in [1.82, 2.24) is 0 Å². The molecule has 0 heterocycles. The Balaban J connectivity index is 0. The first kappa shape index (κ1) is 25.8. The van der Waals surface area contributed by atoms with E-state index < -0.39 is 15.1 Å². The molecule has 0 atom stereocenters. The molecule has 0 aliphatic heterocycles. The molecule has 0 aromatic carbocycles. The zero-order valence-corrected chi connectivity index (χ0v) is 18.0. The molecule has 0 saturated heterocycles. The van der Waals surface area contributed by atoms with Crippen molar-refractivity contribution in [3.8, 4) is 0 Å². The van der Waals surface area contributed by atoms with Gasteiger partial charge in [-0.3, -0.25) is 4.52 Å². The molecule has 23 heavy (non-hydrogen) atoms. The van der Waals surface area contributed by atoms with Crippen LogP contribution in [0.3, 0.4) is 0 Å². The Morgan fingerprint density at radius 1 is 0.739 bits per heavy atom. The molecule has 4 nitrogen and oxygen atoms in total. The quantitative estimate of drug-likeness (QED) is 0.409. The molecule has 6 heteroatoms. The summed E-state index contributed by atoms with van der Waals surface area (Å²) in [5.74, 6) is 0. The van der Waals surface area contributed by atoms with Gasteiger partial charge in [0.15, 0.2) is 0 Å². The van der Waals surface area contributed by atoms with Crippen LogP contribution in [0.5, 0.6) is 0 Å². The molecule has 0 spiro atoms. The Labute approximate surface area is 145 Å². The Kier molecular flexibility index (Phi) is 18.0. The van der Waals surface area contributed by atoms with E-state index in [1.807, 2.05) is 0 Å². The summed E-state index contributed by atoms with van der Waals surface area (Å²) in [6, 6.07) is 0. The summed E-state index contributed by atoms with van der Waals surface area (Å²) in [7, 11) is -4.08. The van der Waals surface area contributed by atoms with E-state index in [2.05, 4.69) is 32.2 Å². The van der Waals surface area contributed by atoms with Crippen LogP contribution in [0.4, 0.5) is 0 Å². The van der Waals surface area contributed by atoms with Gasteiger partial charge in [-0.05, 0) is 0 Å². The summed E-state index contributed by atoms with van der Waals surface area (Å²) < 4.78 is 13.1. The molecule has 0 radical (unpaired) electrons. The monoisotopic (exact) mass is 372 g/mol. The standard InChI is InChI=1S/C16H37P.CH5O4P/c1-5-9-13-17(14-10-6-2,15-11-7-3)16-12-8-4;1-5-6(2,3)4/h17H,5-16H2,1-4H3;1H3,(H2,2,3,4). The fourth-order valence-electron chi connectivity index (χ4n) is 2.96. The number of rotatable bonds is 13. The van der Waals surface area contributed by atoms with Crippen LogP contribution < -0.4 is 0 Å². The summed E-state index contributed by atoms with van der Waals surface area (Å²) in [4.78, 5) is 15.4. The van der Waals surface area contributed by atoms with Gasteiger partial charge in [-0.1, -0.05) is 0 Å². The SMILES string of the molecule is CCCC[PH](CCCC)(CCCC)CCCC.COP(=O)(O)O. The minimum Gasteiger partial charge on any atom is -0.303 e. The van der Waals surface area contributed by atoms with Gasteiger partial charge >= 0.3 is 119 Å². The average Bonchev–Trinajstić information content (AvgIpc) is 2.53. The van der Waals surface area contributed by atoms with Crippen molar-refractivity contribution < 1.29 is 18.9 Å². The number of phosphoric ester groups is 1. The van der Waals surface area contributed by atoms with Gasteiger partial charge in [-0.2, -0.15) is 0 Å². The fourth-order valence-corrected chi connectivity index (χ4v) is 8.87. The van der Waals surface area contributed by atoms with Gasteiger partial charge in [-0.25, -0.2) is 4.57 Å². The molecule has 0 unspecified atom stereocenters. The van der Waals surface area contributed by atoms with Crippen LogP contribution in [-0.4, -0.2) is 41.5 Å². The van der Waals surface area contributed by atoms with Crippen LogP contribution in [0.15, 0.2) is 0 Å². The molecular weight excluding hydrogens is 330 g/mol. The van der Waals surface area contributed by atoms with Crippen molar-refractivity contribution in [2.24, 2.45) is 0 Å². The van der Waals surface area contributed by atoms with Crippen molar-refractivity contribution >= 4 is 15.1 Å². The third-order valence-electron chi connectivity index (χ3n) is 4.48. The smallest absolute Gasteiger partial charge is 0.303 e. The van der Waals surface area contributed by atoms with E-state index in [4.69, 9.17) is 9.79 Å². The van der Waals surface area contributed by atoms with Crippen molar-refractivity contribution in [3.63, 3.8) is 0 Å². The van der Waals surface area contributed by atoms with Crippen LogP contribution in [0.25, 0.3) is 0 Å². The fraction of sp³-hybridized carbons (Fsp3) is 1.00. The Bertz CT molecular complexity index is 255. The van der Waals surface area contributed by atoms with Crippen LogP contribution in [0, 0.1) is 0 Å². The molecule has 0 aromatic rings. The van der Waals surface area contributed by atoms with Crippen LogP contribution in [-0.2, 0) is 9.09 Å². The summed E-state index contributed by atoms with van der Waals surface area (Å²) in [6.45, 7) is 9.44. The van der Waals surface area contributed by atoms with Gasteiger partial charge in [0.1, 0.15) is 0 Å². The van der Waals surface area contributed by atoms with Gasteiger partial charge in [-0.15, -0.1) is 0 Å². The maximum Gasteiger partial charge on any atom is 0.469 e. The van der Waals surface area contributed by atoms with Gasteiger partial charge in [0.05, 0.1) is 0 Å². The Morgan fingerprint density at radius 3 is 1.09 bits per heavy atom. The molecule has 0 aromatic heterocycles. The van der Waals surface area contributed by atoms with Crippen molar-refractivity contribution in [2.75, 3.05) is 31.8 Å². The molecular formula is C17H42O4P2. The molecule has 2 N–H and O–H groups in total. The molecule has 0 aliphatic rings. The van der Waals surface area contributed by atoms with E-state index in [9.17, 15) is 4.57 Å². The van der Waals surface area contributed by atoms with E-state index >= 15 is 0 Å². The second-order valence-corrected chi connectivity index (χ2v) is 12.9. The Hall–Kier alpha value is 0.540. The van der Waals surface area contributed by atoms with E-state index in [1.165, 1.54) is 51.4 Å². The largest absolute Gasteiger partial charge is 0.469 e. The third-order valence-corrected chi connectivity index (χ3v) is 10.6. The van der Waals surface area contributed by atoms with E-state index in [0.717, 1.165) is 7.11 Å². The third kappa shape index (κ3) is 17.2. The molecule has 0 bridgehead atoms. The zero-order valence-electron chi connectivity index (χ0n) is 16.1. The molecule has 0 rings (SSSR count). The first-order chi connectivity index (χ1) is 10.8. The van der Waals surface area contributed by atoms with E-state index in [-0.39, 0.29) is 0 Å². The first-order valence-electron chi connectivity index (χ1n) is 9.42.